The lowest BCUT2D eigenvalue weighted by molar-refractivity contribution is -0.309. The Morgan fingerprint density at radius 2 is 1.80 bits per heavy atom. The Balaban J connectivity index is 2.44. The first-order chi connectivity index (χ1) is 6.91. The summed E-state index contributed by atoms with van der Waals surface area (Å²) < 4.78 is 16.6. The summed E-state index contributed by atoms with van der Waals surface area (Å²) >= 11 is 0. The summed E-state index contributed by atoms with van der Waals surface area (Å²) in [4.78, 5) is 12.1. The molecule has 2 atom stereocenters. The van der Waals surface area contributed by atoms with E-state index in [1.54, 1.807) is 0 Å². The molecule has 0 aromatic rings. The van der Waals surface area contributed by atoms with Crippen molar-refractivity contribution in [2.24, 2.45) is 0 Å². The number of rotatable bonds is 2. The summed E-state index contributed by atoms with van der Waals surface area (Å²) in [6.07, 6.45) is 2.03. The third-order valence-electron chi connectivity index (χ3n) is 3.78. The van der Waals surface area contributed by atoms with Crippen molar-refractivity contribution in [3.8, 4) is 0 Å². The summed E-state index contributed by atoms with van der Waals surface area (Å²) in [5.41, 5.74) is -0.979. The van der Waals surface area contributed by atoms with Crippen molar-refractivity contribution in [2.75, 3.05) is 14.2 Å². The Hall–Kier alpha value is -0.450. The molecule has 4 nitrogen and oxygen atoms in total. The number of methoxy groups -OCH3 is 2. The topological polar surface area (TPSA) is 44.8 Å². The Morgan fingerprint density at radius 1 is 1.20 bits per heavy atom. The fourth-order valence-corrected chi connectivity index (χ4v) is 3.00. The number of ketones is 1. The summed E-state index contributed by atoms with van der Waals surface area (Å²) in [5, 5.41) is 0. The van der Waals surface area contributed by atoms with Gasteiger partial charge in [0.1, 0.15) is 5.60 Å². The molecule has 0 unspecified atom stereocenters. The lowest BCUT2D eigenvalue weighted by Crippen LogP contribution is -2.64. The van der Waals surface area contributed by atoms with E-state index < -0.39 is 11.4 Å². The molecular weight excluding hydrogens is 196 g/mol. The predicted octanol–water partition coefficient (Wildman–Crippen LogP) is 1.28. The number of fused-ring (bicyclic) bond motifs is 2. The first kappa shape index (κ1) is 11.0. The summed E-state index contributed by atoms with van der Waals surface area (Å²) in [7, 11) is 2.99. The third-order valence-corrected chi connectivity index (χ3v) is 3.78. The van der Waals surface area contributed by atoms with Gasteiger partial charge in [0.15, 0.2) is 5.78 Å². The summed E-state index contributed by atoms with van der Waals surface area (Å²) in [5.74, 6) is -1.23. The molecule has 2 rings (SSSR count). The zero-order valence-corrected chi connectivity index (χ0v) is 9.75. The van der Waals surface area contributed by atoms with E-state index in [2.05, 4.69) is 0 Å². The predicted molar refractivity (Wildman–Crippen MR) is 53.5 cm³/mol. The minimum absolute atomic E-state index is 0.0127. The van der Waals surface area contributed by atoms with Crippen LogP contribution in [0, 0.1) is 0 Å². The summed E-state index contributed by atoms with van der Waals surface area (Å²) in [6.45, 7) is 3.87. The lowest BCUT2D eigenvalue weighted by Gasteiger charge is -2.47. The van der Waals surface area contributed by atoms with Gasteiger partial charge in [-0.3, -0.25) is 4.79 Å². The number of hydrogen-bond acceptors (Lipinski definition) is 4. The second kappa shape index (κ2) is 3.03. The van der Waals surface area contributed by atoms with Gasteiger partial charge >= 0.3 is 0 Å². The Kier molecular flexibility index (Phi) is 2.23. The second-order valence-electron chi connectivity index (χ2n) is 4.91. The van der Waals surface area contributed by atoms with Gasteiger partial charge in [0, 0.05) is 20.6 Å². The van der Waals surface area contributed by atoms with Crippen molar-refractivity contribution in [1.82, 2.24) is 0 Å². The molecule has 0 aliphatic carbocycles. The smallest absolute Gasteiger partial charge is 0.258 e. The van der Waals surface area contributed by atoms with E-state index in [-0.39, 0.29) is 11.4 Å². The average molecular weight is 214 g/mol. The van der Waals surface area contributed by atoms with Gasteiger partial charge < -0.3 is 14.2 Å². The molecule has 0 aromatic carbocycles. The third kappa shape index (κ3) is 1.22. The molecule has 2 fully saturated rings. The van der Waals surface area contributed by atoms with E-state index in [1.807, 2.05) is 13.8 Å². The quantitative estimate of drug-likeness (QED) is 0.649. The van der Waals surface area contributed by atoms with Crippen molar-refractivity contribution in [3.05, 3.63) is 0 Å². The molecule has 0 spiro atoms. The van der Waals surface area contributed by atoms with Crippen LogP contribution in [0.2, 0.25) is 0 Å². The van der Waals surface area contributed by atoms with Crippen LogP contribution in [0.1, 0.15) is 33.1 Å². The van der Waals surface area contributed by atoms with Crippen LogP contribution in [0.25, 0.3) is 0 Å². The van der Waals surface area contributed by atoms with Gasteiger partial charge in [0.25, 0.3) is 5.79 Å². The van der Waals surface area contributed by atoms with Gasteiger partial charge in [-0.05, 0) is 26.7 Å². The molecule has 0 radical (unpaired) electrons. The lowest BCUT2D eigenvalue weighted by atomic mass is 9.86. The van der Waals surface area contributed by atoms with Crippen molar-refractivity contribution in [3.63, 3.8) is 0 Å². The van der Waals surface area contributed by atoms with E-state index in [9.17, 15) is 4.79 Å². The van der Waals surface area contributed by atoms with Gasteiger partial charge in [-0.25, -0.2) is 0 Å². The van der Waals surface area contributed by atoms with E-state index >= 15 is 0 Å². The maximum Gasteiger partial charge on any atom is 0.258 e. The monoisotopic (exact) mass is 214 g/mol. The van der Waals surface area contributed by atoms with E-state index in [4.69, 9.17) is 14.2 Å². The second-order valence-corrected chi connectivity index (χ2v) is 4.91. The fraction of sp³-hybridized carbons (Fsp3) is 0.909. The zero-order chi connectivity index (χ0) is 11.3. The Bertz CT molecular complexity index is 297. The molecular formula is C11H18O4. The molecule has 0 N–H and O–H groups in total. The van der Waals surface area contributed by atoms with Crippen LogP contribution in [0.4, 0.5) is 0 Å². The highest BCUT2D eigenvalue weighted by atomic mass is 16.7. The molecule has 0 amide bonds. The maximum atomic E-state index is 12.1. The number of Topliss-reactive ketones (excluding diaryl/α,β-unsaturated/α-hetero) is 1. The van der Waals surface area contributed by atoms with Crippen molar-refractivity contribution >= 4 is 5.78 Å². The highest BCUT2D eigenvalue weighted by molar-refractivity contribution is 5.89. The van der Waals surface area contributed by atoms with Gasteiger partial charge in [0.05, 0.1) is 5.60 Å². The average Bonchev–Trinajstić information content (AvgIpc) is 2.42. The highest BCUT2D eigenvalue weighted by Gasteiger charge is 2.66. The first-order valence-corrected chi connectivity index (χ1v) is 5.25. The molecule has 2 aliphatic rings. The van der Waals surface area contributed by atoms with Crippen molar-refractivity contribution in [2.45, 2.75) is 50.1 Å². The largest absolute Gasteiger partial charge is 0.363 e. The minimum Gasteiger partial charge on any atom is -0.363 e. The van der Waals surface area contributed by atoms with Crippen LogP contribution in [0.5, 0.6) is 0 Å². The van der Waals surface area contributed by atoms with E-state index in [0.717, 1.165) is 12.8 Å². The van der Waals surface area contributed by atoms with E-state index in [1.165, 1.54) is 14.2 Å². The molecule has 4 heteroatoms. The molecule has 2 aliphatic heterocycles. The van der Waals surface area contributed by atoms with Gasteiger partial charge in [-0.15, -0.1) is 0 Å². The molecule has 2 bridgehead atoms. The zero-order valence-electron chi connectivity index (χ0n) is 9.75. The molecule has 2 heterocycles. The minimum atomic E-state index is -1.22. The summed E-state index contributed by atoms with van der Waals surface area (Å²) in [6, 6.07) is 0. The number of ether oxygens (including phenoxy) is 3. The normalized spacial score (nSPS) is 43.3. The van der Waals surface area contributed by atoms with Crippen LogP contribution in [0.3, 0.4) is 0 Å². The molecule has 86 valence electrons. The maximum absolute atomic E-state index is 12.1. The highest BCUT2D eigenvalue weighted by Crippen LogP contribution is 2.52. The number of carbonyl (C=O) groups excluding carboxylic acids is 1. The van der Waals surface area contributed by atoms with Crippen LogP contribution in [0.15, 0.2) is 0 Å². The van der Waals surface area contributed by atoms with Crippen molar-refractivity contribution in [1.29, 1.82) is 0 Å². The van der Waals surface area contributed by atoms with Crippen LogP contribution >= 0.6 is 0 Å². The Labute approximate surface area is 89.9 Å². The van der Waals surface area contributed by atoms with Gasteiger partial charge in [-0.1, -0.05) is 0 Å². The van der Waals surface area contributed by atoms with Crippen LogP contribution in [-0.4, -0.2) is 37.0 Å². The van der Waals surface area contributed by atoms with Crippen LogP contribution < -0.4 is 0 Å². The number of carbonyl (C=O) groups is 1. The van der Waals surface area contributed by atoms with Crippen molar-refractivity contribution < 1.29 is 19.0 Å². The molecule has 0 saturated carbocycles. The van der Waals surface area contributed by atoms with Gasteiger partial charge in [-0.2, -0.15) is 0 Å². The van der Waals surface area contributed by atoms with E-state index in [0.29, 0.717) is 6.42 Å². The molecule has 0 aromatic heterocycles. The standard InChI is InChI=1S/C11H18O4/c1-9-5-6-10(2,15-9)11(13-3,14-4)8(12)7-9/h5-7H2,1-4H3/t9-,10+/m0/s1. The Morgan fingerprint density at radius 3 is 2.33 bits per heavy atom. The number of hydrogen-bond donors (Lipinski definition) is 0. The van der Waals surface area contributed by atoms with Gasteiger partial charge in [0.2, 0.25) is 0 Å². The molecule has 2 saturated heterocycles. The first-order valence-electron chi connectivity index (χ1n) is 5.25. The van der Waals surface area contributed by atoms with Crippen LogP contribution in [-0.2, 0) is 19.0 Å². The fourth-order valence-electron chi connectivity index (χ4n) is 3.00. The molecule has 15 heavy (non-hydrogen) atoms. The SMILES string of the molecule is COC1(OC)C(=O)C[C@]2(C)CC[C@@]1(C)O2.